The number of carbonyl (C=O) groups is 2. The Labute approximate surface area is 107 Å². The minimum Gasteiger partial charge on any atom is -0.481 e. The van der Waals surface area contributed by atoms with Gasteiger partial charge in [0.2, 0.25) is 15.7 Å². The Bertz CT molecular complexity index is 600. The molecule has 0 aromatic heterocycles. The zero-order valence-corrected chi connectivity index (χ0v) is 10.2. The molecule has 0 saturated heterocycles. The predicted octanol–water partition coefficient (Wildman–Crippen LogP) is 1.10. The molecule has 104 valence electrons. The first-order chi connectivity index (χ1) is 8.75. The van der Waals surface area contributed by atoms with Crippen molar-refractivity contribution in [3.05, 3.63) is 24.3 Å². The third-order valence-electron chi connectivity index (χ3n) is 2.01. The third-order valence-corrected chi connectivity index (χ3v) is 3.45. The van der Waals surface area contributed by atoms with Crippen LogP contribution in [0.5, 0.6) is 0 Å². The van der Waals surface area contributed by atoms with Gasteiger partial charge in [-0.2, -0.15) is 8.78 Å². The molecule has 0 atom stereocenters. The molecule has 0 radical (unpaired) electrons. The fourth-order valence-electron chi connectivity index (χ4n) is 1.25. The van der Waals surface area contributed by atoms with Crippen LogP contribution in [0.25, 0.3) is 0 Å². The summed E-state index contributed by atoms with van der Waals surface area (Å²) in [5.41, 5.74) is -0.381. The lowest BCUT2D eigenvalue weighted by Gasteiger charge is -2.10. The fourth-order valence-corrected chi connectivity index (χ4v) is 2.13. The van der Waals surface area contributed by atoms with E-state index in [1.165, 1.54) is 12.1 Å². The third kappa shape index (κ3) is 3.71. The van der Waals surface area contributed by atoms with Crippen molar-refractivity contribution < 1.29 is 31.9 Å². The Balaban J connectivity index is 3.11. The number of alkyl halides is 2. The average molecular weight is 293 g/mol. The van der Waals surface area contributed by atoms with Crippen molar-refractivity contribution in [3.8, 4) is 0 Å². The molecule has 2 N–H and O–H groups in total. The smallest absolute Gasteiger partial charge is 0.341 e. The number of halogens is 2. The van der Waals surface area contributed by atoms with E-state index in [0.29, 0.717) is 0 Å². The number of rotatable bonds is 5. The van der Waals surface area contributed by atoms with Gasteiger partial charge in [-0.1, -0.05) is 12.1 Å². The minimum atomic E-state index is -4.88. The molecule has 0 unspecified atom stereocenters. The molecule has 0 spiro atoms. The van der Waals surface area contributed by atoms with Crippen LogP contribution in [0.2, 0.25) is 0 Å². The lowest BCUT2D eigenvalue weighted by molar-refractivity contribution is -0.139. The van der Waals surface area contributed by atoms with Crippen molar-refractivity contribution in [1.82, 2.24) is 0 Å². The number of sulfone groups is 1. The number of nitrogens with one attached hydrogen (secondary N) is 1. The van der Waals surface area contributed by atoms with Crippen molar-refractivity contribution in [1.29, 1.82) is 0 Å². The van der Waals surface area contributed by atoms with E-state index in [2.05, 4.69) is 0 Å². The van der Waals surface area contributed by atoms with Crippen LogP contribution in [0, 0.1) is 0 Å². The summed E-state index contributed by atoms with van der Waals surface area (Å²) >= 11 is 0. The van der Waals surface area contributed by atoms with Crippen LogP contribution in [0.15, 0.2) is 29.2 Å². The maximum Gasteiger partial charge on any atom is 0.341 e. The number of carbonyl (C=O) groups excluding carboxylic acids is 1. The van der Waals surface area contributed by atoms with Crippen molar-refractivity contribution >= 4 is 27.4 Å². The maximum absolute atomic E-state index is 12.4. The molecule has 0 bridgehead atoms. The maximum atomic E-state index is 12.4. The molecule has 0 heterocycles. The van der Waals surface area contributed by atoms with Crippen LogP contribution in [-0.2, 0) is 19.4 Å². The van der Waals surface area contributed by atoms with Gasteiger partial charge in [-0.15, -0.1) is 0 Å². The zero-order chi connectivity index (χ0) is 14.6. The second-order valence-electron chi connectivity index (χ2n) is 3.42. The van der Waals surface area contributed by atoms with Crippen molar-refractivity contribution in [3.63, 3.8) is 0 Å². The van der Waals surface area contributed by atoms with Gasteiger partial charge in [0.15, 0.2) is 0 Å². The lowest BCUT2D eigenvalue weighted by atomic mass is 10.3. The average Bonchev–Trinajstić information content (AvgIpc) is 2.27. The molecule has 0 aliphatic rings. The van der Waals surface area contributed by atoms with Crippen LogP contribution in [0.1, 0.15) is 6.42 Å². The number of carboxylic acid groups (broad SMARTS) is 1. The molecule has 1 aromatic rings. The number of amides is 1. The van der Waals surface area contributed by atoms with E-state index in [1.807, 2.05) is 5.32 Å². The minimum absolute atomic E-state index is 0.381. The first-order valence-electron chi connectivity index (χ1n) is 4.88. The standard InChI is InChI=1S/C10H9F2NO5S/c11-10(12)19(17,18)7-4-2-1-3-6(7)13-8(14)5-9(15)16/h1-4,10H,5H2,(H,13,14)(H,15,16). The molecular weight excluding hydrogens is 284 g/mol. The van der Waals surface area contributed by atoms with Gasteiger partial charge in [0.1, 0.15) is 6.42 Å². The van der Waals surface area contributed by atoms with E-state index in [9.17, 15) is 26.8 Å². The van der Waals surface area contributed by atoms with Crippen LogP contribution in [0.3, 0.4) is 0 Å². The molecule has 1 aromatic carbocycles. The number of benzene rings is 1. The van der Waals surface area contributed by atoms with Crippen LogP contribution in [-0.4, -0.2) is 31.2 Å². The van der Waals surface area contributed by atoms with Crippen molar-refractivity contribution in [2.24, 2.45) is 0 Å². The van der Waals surface area contributed by atoms with Gasteiger partial charge in [-0.3, -0.25) is 9.59 Å². The Morgan fingerprint density at radius 2 is 1.84 bits per heavy atom. The highest BCUT2D eigenvalue weighted by molar-refractivity contribution is 7.91. The highest BCUT2D eigenvalue weighted by atomic mass is 32.2. The zero-order valence-electron chi connectivity index (χ0n) is 9.34. The Morgan fingerprint density at radius 1 is 1.26 bits per heavy atom. The molecule has 0 aliphatic heterocycles. The molecule has 0 fully saturated rings. The SMILES string of the molecule is O=C(O)CC(=O)Nc1ccccc1S(=O)(=O)C(F)F. The van der Waals surface area contributed by atoms with E-state index in [0.717, 1.165) is 12.1 Å². The molecule has 9 heteroatoms. The number of carboxylic acids is 1. The summed E-state index contributed by atoms with van der Waals surface area (Å²) in [6, 6.07) is 4.52. The summed E-state index contributed by atoms with van der Waals surface area (Å²) in [7, 11) is -4.88. The first-order valence-corrected chi connectivity index (χ1v) is 6.42. The molecule has 0 saturated carbocycles. The Morgan fingerprint density at radius 3 is 2.37 bits per heavy atom. The summed E-state index contributed by atoms with van der Waals surface area (Å²) < 4.78 is 47.5. The van der Waals surface area contributed by atoms with Gasteiger partial charge in [0.25, 0.3) is 0 Å². The quantitative estimate of drug-likeness (QED) is 0.792. The highest BCUT2D eigenvalue weighted by Crippen LogP contribution is 2.26. The first kappa shape index (κ1) is 15.0. The largest absolute Gasteiger partial charge is 0.481 e. The number of anilines is 1. The van der Waals surface area contributed by atoms with Gasteiger partial charge in [0, 0.05) is 0 Å². The van der Waals surface area contributed by atoms with Gasteiger partial charge < -0.3 is 10.4 Å². The lowest BCUT2D eigenvalue weighted by Crippen LogP contribution is -2.19. The summed E-state index contributed by atoms with van der Waals surface area (Å²) in [5, 5.41) is 10.4. The number of hydrogen-bond donors (Lipinski definition) is 2. The number of para-hydroxylation sites is 1. The normalized spacial score (nSPS) is 11.3. The second kappa shape index (κ2) is 5.74. The van der Waals surface area contributed by atoms with E-state index in [-0.39, 0.29) is 5.69 Å². The molecule has 6 nitrogen and oxygen atoms in total. The topological polar surface area (TPSA) is 101 Å². The predicted molar refractivity (Wildman–Crippen MR) is 60.5 cm³/mol. The fraction of sp³-hybridized carbons (Fsp3) is 0.200. The molecule has 19 heavy (non-hydrogen) atoms. The summed E-state index contributed by atoms with van der Waals surface area (Å²) in [5.74, 6) is -6.07. The molecule has 0 aliphatic carbocycles. The van der Waals surface area contributed by atoms with Gasteiger partial charge in [0.05, 0.1) is 10.6 Å². The van der Waals surface area contributed by atoms with E-state index < -0.39 is 38.8 Å². The summed E-state index contributed by atoms with van der Waals surface area (Å²) in [4.78, 5) is 20.7. The second-order valence-corrected chi connectivity index (χ2v) is 5.31. The summed E-state index contributed by atoms with van der Waals surface area (Å²) in [6.45, 7) is 0. The van der Waals surface area contributed by atoms with Gasteiger partial charge in [-0.25, -0.2) is 8.42 Å². The Hall–Kier alpha value is -2.03. The summed E-state index contributed by atoms with van der Waals surface area (Å²) in [6.07, 6.45) is -0.900. The molecule has 1 amide bonds. The number of aliphatic carboxylic acids is 1. The molecular formula is C10H9F2NO5S. The van der Waals surface area contributed by atoms with Crippen molar-refractivity contribution in [2.75, 3.05) is 5.32 Å². The highest BCUT2D eigenvalue weighted by Gasteiger charge is 2.29. The van der Waals surface area contributed by atoms with E-state index in [4.69, 9.17) is 5.11 Å². The van der Waals surface area contributed by atoms with E-state index >= 15 is 0 Å². The van der Waals surface area contributed by atoms with Gasteiger partial charge >= 0.3 is 11.7 Å². The van der Waals surface area contributed by atoms with Crippen LogP contribution in [0.4, 0.5) is 14.5 Å². The van der Waals surface area contributed by atoms with Crippen LogP contribution >= 0.6 is 0 Å². The molecule has 1 rings (SSSR count). The van der Waals surface area contributed by atoms with E-state index in [1.54, 1.807) is 0 Å². The van der Waals surface area contributed by atoms with Gasteiger partial charge in [-0.05, 0) is 12.1 Å². The monoisotopic (exact) mass is 293 g/mol. The Kier molecular flexibility index (Phi) is 4.54. The van der Waals surface area contributed by atoms with Crippen LogP contribution < -0.4 is 5.32 Å². The number of hydrogen-bond acceptors (Lipinski definition) is 4. The van der Waals surface area contributed by atoms with Crippen molar-refractivity contribution in [2.45, 2.75) is 17.1 Å².